The first-order valence-corrected chi connectivity index (χ1v) is 12.4. The van der Waals surface area contributed by atoms with Crippen LogP contribution in [-0.2, 0) is 29.1 Å². The van der Waals surface area contributed by atoms with Gasteiger partial charge in [0.2, 0.25) is 5.91 Å². The van der Waals surface area contributed by atoms with Gasteiger partial charge in [-0.15, -0.1) is 11.3 Å². The van der Waals surface area contributed by atoms with E-state index in [-0.39, 0.29) is 11.8 Å². The number of hydrogen-bond acceptors (Lipinski definition) is 4. The van der Waals surface area contributed by atoms with Crippen molar-refractivity contribution in [3.63, 3.8) is 0 Å². The highest BCUT2D eigenvalue weighted by atomic mass is 35.5. The fraction of sp³-hybridized carbons (Fsp3) is 0.458. The van der Waals surface area contributed by atoms with Crippen molar-refractivity contribution in [1.82, 2.24) is 14.5 Å². The summed E-state index contributed by atoms with van der Waals surface area (Å²) in [7, 11) is 0. The Labute approximate surface area is 195 Å². The minimum atomic E-state index is -0.702. The lowest BCUT2D eigenvalue weighted by atomic mass is 9.80. The molecule has 0 atom stereocenters. The lowest BCUT2D eigenvalue weighted by Crippen LogP contribution is -2.38. The second-order valence-corrected chi connectivity index (χ2v) is 10.4. The summed E-state index contributed by atoms with van der Waals surface area (Å²) in [6, 6.07) is 6.09. The average molecular weight is 472 g/mol. The zero-order valence-electron chi connectivity index (χ0n) is 17.8. The average Bonchev–Trinajstić information content (AvgIpc) is 3.35. The first-order valence-electron chi connectivity index (χ1n) is 11.2. The van der Waals surface area contributed by atoms with E-state index >= 15 is 0 Å². The van der Waals surface area contributed by atoms with Gasteiger partial charge in [-0.1, -0.05) is 11.6 Å². The molecule has 1 aliphatic carbocycles. The second kappa shape index (κ2) is 8.87. The second-order valence-electron chi connectivity index (χ2n) is 8.94. The molecule has 1 saturated carbocycles. The topological polar surface area (TPSA) is 75.4 Å². The monoisotopic (exact) mass is 471 g/mol. The van der Waals surface area contributed by atoms with Crippen LogP contribution in [0.3, 0.4) is 0 Å². The number of aliphatic carboxylic acids is 1. The Morgan fingerprint density at radius 3 is 2.78 bits per heavy atom. The predicted octanol–water partition coefficient (Wildman–Crippen LogP) is 4.97. The van der Waals surface area contributed by atoms with Crippen LogP contribution in [0.25, 0.3) is 11.0 Å². The normalized spacial score (nSPS) is 21.0. The lowest BCUT2D eigenvalue weighted by Gasteiger charge is -2.31. The van der Waals surface area contributed by atoms with Gasteiger partial charge in [-0.3, -0.25) is 9.59 Å². The number of thiophene rings is 1. The van der Waals surface area contributed by atoms with Crippen molar-refractivity contribution < 1.29 is 14.7 Å². The molecule has 1 aliphatic heterocycles. The molecule has 1 amide bonds. The number of carboxylic acid groups (broad SMARTS) is 1. The maximum absolute atomic E-state index is 13.1. The van der Waals surface area contributed by atoms with E-state index in [1.54, 1.807) is 11.3 Å². The summed E-state index contributed by atoms with van der Waals surface area (Å²) in [5.74, 6) is -0.474. The van der Waals surface area contributed by atoms with Gasteiger partial charge in [0, 0.05) is 40.5 Å². The Bertz CT molecular complexity index is 1160. The molecule has 6 nitrogen and oxygen atoms in total. The predicted molar refractivity (Wildman–Crippen MR) is 125 cm³/mol. The van der Waals surface area contributed by atoms with E-state index in [9.17, 15) is 14.7 Å². The first-order chi connectivity index (χ1) is 15.5. The maximum Gasteiger partial charge on any atom is 0.306 e. The lowest BCUT2D eigenvalue weighted by molar-refractivity contribution is -0.143. The van der Waals surface area contributed by atoms with Gasteiger partial charge < -0.3 is 14.6 Å². The minimum Gasteiger partial charge on any atom is -0.481 e. The standard InChI is InChI=1S/C24H26ClN3O3S/c25-17-11-18(32-14-17)12-28-21-13-27(9-7-19(21)20-2-1-8-26-23(20)28)22(29)10-15-3-5-16(6-4-15)24(30)31/h1-2,8,11,14-16H,3-7,9-10,12-13H2,(H,30,31)/t15-,16-. The highest BCUT2D eigenvalue weighted by molar-refractivity contribution is 7.10. The molecule has 2 aliphatic rings. The third-order valence-electron chi connectivity index (χ3n) is 6.96. The number of nitrogens with zero attached hydrogens (tertiary/aromatic N) is 3. The molecule has 0 radical (unpaired) electrons. The number of fused-ring (bicyclic) bond motifs is 3. The Morgan fingerprint density at radius 1 is 1.25 bits per heavy atom. The van der Waals surface area contributed by atoms with Crippen LogP contribution >= 0.6 is 22.9 Å². The molecule has 0 unspecified atom stereocenters. The fourth-order valence-corrected chi connectivity index (χ4v) is 6.29. The molecule has 1 N–H and O–H groups in total. The van der Waals surface area contributed by atoms with Gasteiger partial charge >= 0.3 is 5.97 Å². The molecule has 1 fully saturated rings. The van der Waals surface area contributed by atoms with Gasteiger partial charge in [0.05, 0.1) is 24.0 Å². The number of pyridine rings is 1. The number of carbonyl (C=O) groups excluding carboxylic acids is 1. The molecule has 4 heterocycles. The van der Waals surface area contributed by atoms with Crippen molar-refractivity contribution in [2.45, 2.75) is 51.6 Å². The molecule has 0 spiro atoms. The molecule has 3 aromatic rings. The Balaban J connectivity index is 1.34. The van der Waals surface area contributed by atoms with E-state index in [1.165, 1.54) is 15.8 Å². The minimum absolute atomic E-state index is 0.179. The number of carbonyl (C=O) groups is 2. The van der Waals surface area contributed by atoms with Crippen LogP contribution in [0.15, 0.2) is 29.8 Å². The van der Waals surface area contributed by atoms with Gasteiger partial charge in [0.15, 0.2) is 0 Å². The van der Waals surface area contributed by atoms with Gasteiger partial charge in [-0.25, -0.2) is 4.98 Å². The number of amides is 1. The van der Waals surface area contributed by atoms with Crippen LogP contribution in [0.1, 0.15) is 48.2 Å². The van der Waals surface area contributed by atoms with E-state index in [1.807, 2.05) is 28.6 Å². The summed E-state index contributed by atoms with van der Waals surface area (Å²) >= 11 is 7.78. The van der Waals surface area contributed by atoms with Crippen molar-refractivity contribution in [3.05, 3.63) is 50.9 Å². The summed E-state index contributed by atoms with van der Waals surface area (Å²) in [6.07, 6.45) is 6.17. The van der Waals surface area contributed by atoms with Crippen molar-refractivity contribution >= 4 is 45.8 Å². The molecule has 168 valence electrons. The van der Waals surface area contributed by atoms with E-state index in [0.717, 1.165) is 42.2 Å². The molecule has 0 aromatic carbocycles. The number of halogens is 1. The van der Waals surface area contributed by atoms with Crippen molar-refractivity contribution in [3.8, 4) is 0 Å². The zero-order chi connectivity index (χ0) is 22.2. The van der Waals surface area contributed by atoms with Crippen molar-refractivity contribution in [2.24, 2.45) is 11.8 Å². The summed E-state index contributed by atoms with van der Waals surface area (Å²) in [6.45, 7) is 2.00. The number of rotatable bonds is 5. The molecular weight excluding hydrogens is 446 g/mol. The third-order valence-corrected chi connectivity index (χ3v) is 8.23. The highest BCUT2D eigenvalue weighted by Crippen LogP contribution is 2.34. The fourth-order valence-electron chi connectivity index (χ4n) is 5.23. The quantitative estimate of drug-likeness (QED) is 0.570. The summed E-state index contributed by atoms with van der Waals surface area (Å²) < 4.78 is 2.24. The van der Waals surface area contributed by atoms with Crippen molar-refractivity contribution in [2.75, 3.05) is 6.54 Å². The molecular formula is C24H26ClN3O3S. The molecule has 8 heteroatoms. The van der Waals surface area contributed by atoms with Crippen LogP contribution in [0.5, 0.6) is 0 Å². The Morgan fingerprint density at radius 2 is 2.06 bits per heavy atom. The number of carboxylic acids is 1. The van der Waals surface area contributed by atoms with Crippen LogP contribution in [0, 0.1) is 11.8 Å². The first kappa shape index (κ1) is 21.5. The SMILES string of the molecule is O=C(C[C@H]1CC[C@H](C(=O)O)CC1)N1CCc2c(n(Cc3cc(Cl)cs3)c3ncccc23)C1. The molecule has 0 bridgehead atoms. The van der Waals surface area contributed by atoms with Gasteiger partial charge in [0.25, 0.3) is 0 Å². The number of hydrogen-bond donors (Lipinski definition) is 1. The van der Waals surface area contributed by atoms with E-state index in [2.05, 4.69) is 15.6 Å². The van der Waals surface area contributed by atoms with E-state index in [4.69, 9.17) is 11.6 Å². The molecule has 0 saturated heterocycles. The van der Waals surface area contributed by atoms with Crippen molar-refractivity contribution in [1.29, 1.82) is 0 Å². The summed E-state index contributed by atoms with van der Waals surface area (Å²) in [5.41, 5.74) is 3.42. The number of aromatic nitrogens is 2. The van der Waals surface area contributed by atoms with Gasteiger partial charge in [0.1, 0.15) is 5.65 Å². The summed E-state index contributed by atoms with van der Waals surface area (Å²) in [4.78, 5) is 32.1. The zero-order valence-corrected chi connectivity index (χ0v) is 19.4. The Kier molecular flexibility index (Phi) is 5.95. The van der Waals surface area contributed by atoms with Crippen LogP contribution in [-0.4, -0.2) is 38.0 Å². The van der Waals surface area contributed by atoms with Crippen LogP contribution in [0.4, 0.5) is 0 Å². The third kappa shape index (κ3) is 4.16. The molecule has 3 aromatic heterocycles. The Hall–Kier alpha value is -2.38. The van der Waals surface area contributed by atoms with Crippen LogP contribution in [0.2, 0.25) is 5.02 Å². The molecule has 32 heavy (non-hydrogen) atoms. The van der Waals surface area contributed by atoms with Gasteiger partial charge in [-0.2, -0.15) is 0 Å². The van der Waals surface area contributed by atoms with E-state index in [0.29, 0.717) is 38.3 Å². The molecule has 5 rings (SSSR count). The largest absolute Gasteiger partial charge is 0.481 e. The van der Waals surface area contributed by atoms with Gasteiger partial charge in [-0.05, 0) is 61.8 Å². The highest BCUT2D eigenvalue weighted by Gasteiger charge is 2.31. The van der Waals surface area contributed by atoms with E-state index < -0.39 is 5.97 Å². The maximum atomic E-state index is 13.1. The summed E-state index contributed by atoms with van der Waals surface area (Å²) in [5, 5.41) is 13.1. The van der Waals surface area contributed by atoms with Crippen LogP contribution < -0.4 is 0 Å². The smallest absolute Gasteiger partial charge is 0.306 e.